The molecule has 0 aromatic carbocycles. The lowest BCUT2D eigenvalue weighted by Crippen LogP contribution is -2.32. The molecule has 7 heteroatoms. The van der Waals surface area contributed by atoms with Gasteiger partial charge < -0.3 is 9.88 Å². The number of aryl methyl sites for hydroxylation is 1. The molecule has 2 aromatic rings. The maximum Gasteiger partial charge on any atom is 0.257 e. The quantitative estimate of drug-likeness (QED) is 0.883. The minimum Gasteiger partial charge on any atom is -0.330 e. The number of nitrogens with one attached hydrogen (secondary N) is 1. The fourth-order valence-electron chi connectivity index (χ4n) is 2.67. The van der Waals surface area contributed by atoms with Crippen LogP contribution in [0.25, 0.3) is 0 Å². The summed E-state index contributed by atoms with van der Waals surface area (Å²) in [6, 6.07) is 1.30. The molecule has 1 unspecified atom stereocenters. The molecular formula is C14H15N5O2. The van der Waals surface area contributed by atoms with Crippen molar-refractivity contribution in [2.24, 2.45) is 0 Å². The molecule has 3 heterocycles. The van der Waals surface area contributed by atoms with Crippen molar-refractivity contribution in [3.8, 4) is 0 Å². The van der Waals surface area contributed by atoms with Gasteiger partial charge in [-0.25, -0.2) is 15.0 Å². The second-order valence-electron chi connectivity index (χ2n) is 5.04. The summed E-state index contributed by atoms with van der Waals surface area (Å²) in [6.45, 7) is 2.38. The molecule has 1 N–H and O–H groups in total. The summed E-state index contributed by atoms with van der Waals surface area (Å²) in [5.41, 5.74) is 0.893. The molecule has 1 aliphatic rings. The van der Waals surface area contributed by atoms with Crippen LogP contribution >= 0.6 is 0 Å². The number of aromatic nitrogens is 4. The zero-order chi connectivity index (χ0) is 14.8. The van der Waals surface area contributed by atoms with E-state index in [-0.39, 0.29) is 17.5 Å². The third kappa shape index (κ3) is 2.67. The maximum absolute atomic E-state index is 12.5. The Kier molecular flexibility index (Phi) is 3.47. The summed E-state index contributed by atoms with van der Waals surface area (Å²) >= 11 is 0. The molecule has 21 heavy (non-hydrogen) atoms. The molecule has 108 valence electrons. The van der Waals surface area contributed by atoms with Crippen molar-refractivity contribution in [3.05, 3.63) is 52.2 Å². The number of carbonyl (C=O) groups excluding carboxylic acids is 1. The topological polar surface area (TPSA) is 91.8 Å². The molecule has 1 saturated heterocycles. The van der Waals surface area contributed by atoms with E-state index < -0.39 is 0 Å². The van der Waals surface area contributed by atoms with Crippen LogP contribution in [0.1, 0.15) is 40.8 Å². The Morgan fingerprint density at radius 3 is 2.86 bits per heavy atom. The van der Waals surface area contributed by atoms with Crippen molar-refractivity contribution in [1.82, 2.24) is 24.8 Å². The summed E-state index contributed by atoms with van der Waals surface area (Å²) in [5, 5.41) is 0. The van der Waals surface area contributed by atoms with Crippen LogP contribution in [0.15, 0.2) is 29.6 Å². The smallest absolute Gasteiger partial charge is 0.257 e. The third-order valence-electron chi connectivity index (χ3n) is 3.54. The molecule has 1 atom stereocenters. The maximum atomic E-state index is 12.5. The summed E-state index contributed by atoms with van der Waals surface area (Å²) in [4.78, 5) is 40.6. The SMILES string of the molecule is Cc1nc(C2CCCN2C(=O)c2cncnc2)cc(=O)[nH]1. The molecule has 1 amide bonds. The van der Waals surface area contributed by atoms with Gasteiger partial charge in [0.15, 0.2) is 0 Å². The van der Waals surface area contributed by atoms with Crippen LogP contribution in [0.5, 0.6) is 0 Å². The van der Waals surface area contributed by atoms with Crippen molar-refractivity contribution in [2.45, 2.75) is 25.8 Å². The van der Waals surface area contributed by atoms with Gasteiger partial charge in [-0.3, -0.25) is 9.59 Å². The first-order valence-corrected chi connectivity index (χ1v) is 6.79. The van der Waals surface area contributed by atoms with Gasteiger partial charge in [0.25, 0.3) is 11.5 Å². The normalized spacial score (nSPS) is 18.0. The molecule has 2 aromatic heterocycles. The average Bonchev–Trinajstić information content (AvgIpc) is 2.96. The number of H-pyrrole nitrogens is 1. The van der Waals surface area contributed by atoms with E-state index in [9.17, 15) is 9.59 Å². The van der Waals surface area contributed by atoms with Gasteiger partial charge in [0, 0.05) is 25.0 Å². The highest BCUT2D eigenvalue weighted by Gasteiger charge is 2.32. The first kappa shape index (κ1) is 13.4. The van der Waals surface area contributed by atoms with Crippen molar-refractivity contribution in [2.75, 3.05) is 6.54 Å². The Balaban J connectivity index is 1.92. The number of hydrogen-bond donors (Lipinski definition) is 1. The monoisotopic (exact) mass is 285 g/mol. The van der Waals surface area contributed by atoms with Crippen LogP contribution in [-0.4, -0.2) is 37.3 Å². The molecule has 0 spiro atoms. The summed E-state index contributed by atoms with van der Waals surface area (Å²) < 4.78 is 0. The van der Waals surface area contributed by atoms with Crippen LogP contribution < -0.4 is 5.56 Å². The van der Waals surface area contributed by atoms with E-state index in [4.69, 9.17) is 0 Å². The molecule has 1 aliphatic heterocycles. The highest BCUT2D eigenvalue weighted by molar-refractivity contribution is 5.94. The Morgan fingerprint density at radius 1 is 1.38 bits per heavy atom. The van der Waals surface area contributed by atoms with Crippen LogP contribution in [0.2, 0.25) is 0 Å². The standard InChI is InChI=1S/C14H15N5O2/c1-9-17-11(5-13(20)18-9)12-3-2-4-19(12)14(21)10-6-15-8-16-7-10/h5-8,12H,2-4H2,1H3,(H,17,18,20). The highest BCUT2D eigenvalue weighted by atomic mass is 16.2. The number of likely N-dealkylation sites (tertiary alicyclic amines) is 1. The van der Waals surface area contributed by atoms with E-state index in [1.165, 1.54) is 24.8 Å². The summed E-state index contributed by atoms with van der Waals surface area (Å²) in [5.74, 6) is 0.428. The molecule has 1 fully saturated rings. The van der Waals surface area contributed by atoms with Crippen molar-refractivity contribution >= 4 is 5.91 Å². The largest absolute Gasteiger partial charge is 0.330 e. The zero-order valence-electron chi connectivity index (χ0n) is 11.6. The molecular weight excluding hydrogens is 270 g/mol. The van der Waals surface area contributed by atoms with Gasteiger partial charge in [0.1, 0.15) is 12.2 Å². The van der Waals surface area contributed by atoms with Gasteiger partial charge in [0.2, 0.25) is 0 Å². The molecule has 7 nitrogen and oxygen atoms in total. The number of hydrogen-bond acceptors (Lipinski definition) is 5. The van der Waals surface area contributed by atoms with Crippen LogP contribution in [0.4, 0.5) is 0 Å². The Hall–Kier alpha value is -2.57. The van der Waals surface area contributed by atoms with E-state index in [2.05, 4.69) is 19.9 Å². The van der Waals surface area contributed by atoms with Crippen LogP contribution in [0.3, 0.4) is 0 Å². The van der Waals surface area contributed by atoms with Gasteiger partial charge in [-0.2, -0.15) is 0 Å². The third-order valence-corrected chi connectivity index (χ3v) is 3.54. The van der Waals surface area contributed by atoms with E-state index >= 15 is 0 Å². The van der Waals surface area contributed by atoms with Crippen molar-refractivity contribution < 1.29 is 4.79 Å². The Bertz CT molecular complexity index is 713. The second-order valence-corrected chi connectivity index (χ2v) is 5.04. The van der Waals surface area contributed by atoms with Crippen molar-refractivity contribution in [1.29, 1.82) is 0 Å². The number of nitrogens with zero attached hydrogens (tertiary/aromatic N) is 4. The van der Waals surface area contributed by atoms with Gasteiger partial charge in [0.05, 0.1) is 17.3 Å². The number of amides is 1. The molecule has 0 bridgehead atoms. The summed E-state index contributed by atoms with van der Waals surface area (Å²) in [7, 11) is 0. The van der Waals surface area contributed by atoms with E-state index in [1.807, 2.05) is 0 Å². The van der Waals surface area contributed by atoms with E-state index in [0.29, 0.717) is 23.6 Å². The highest BCUT2D eigenvalue weighted by Crippen LogP contribution is 2.31. The second kappa shape index (κ2) is 5.43. The van der Waals surface area contributed by atoms with Crippen LogP contribution in [-0.2, 0) is 0 Å². The first-order valence-electron chi connectivity index (χ1n) is 6.79. The fraction of sp³-hybridized carbons (Fsp3) is 0.357. The van der Waals surface area contributed by atoms with Gasteiger partial charge in [-0.05, 0) is 19.8 Å². The molecule has 0 saturated carbocycles. The van der Waals surface area contributed by atoms with E-state index in [0.717, 1.165) is 12.8 Å². The fourth-order valence-corrected chi connectivity index (χ4v) is 2.67. The minimum absolute atomic E-state index is 0.127. The summed E-state index contributed by atoms with van der Waals surface area (Å²) in [6.07, 6.45) is 6.08. The lowest BCUT2D eigenvalue weighted by molar-refractivity contribution is 0.0731. The molecule has 0 aliphatic carbocycles. The minimum atomic E-state index is -0.195. The van der Waals surface area contributed by atoms with E-state index in [1.54, 1.807) is 11.8 Å². The van der Waals surface area contributed by atoms with Crippen LogP contribution in [0, 0.1) is 6.92 Å². The predicted octanol–water partition coefficient (Wildman–Crippen LogP) is 0.846. The lowest BCUT2D eigenvalue weighted by atomic mass is 10.1. The van der Waals surface area contributed by atoms with Gasteiger partial charge in [-0.15, -0.1) is 0 Å². The Labute approximate surface area is 121 Å². The first-order chi connectivity index (χ1) is 10.1. The lowest BCUT2D eigenvalue weighted by Gasteiger charge is -2.24. The molecule has 0 radical (unpaired) electrons. The van der Waals surface area contributed by atoms with Gasteiger partial charge >= 0.3 is 0 Å². The predicted molar refractivity (Wildman–Crippen MR) is 74.6 cm³/mol. The number of aromatic amines is 1. The number of rotatable bonds is 2. The Morgan fingerprint density at radius 2 is 2.14 bits per heavy atom. The average molecular weight is 285 g/mol. The molecule has 3 rings (SSSR count). The van der Waals surface area contributed by atoms with Crippen molar-refractivity contribution in [3.63, 3.8) is 0 Å². The number of carbonyl (C=O) groups is 1. The van der Waals surface area contributed by atoms with Gasteiger partial charge in [-0.1, -0.05) is 0 Å². The zero-order valence-corrected chi connectivity index (χ0v) is 11.6.